The van der Waals surface area contributed by atoms with Gasteiger partial charge in [0.2, 0.25) is 5.91 Å². The Bertz CT molecular complexity index is 814. The van der Waals surface area contributed by atoms with Crippen molar-refractivity contribution >= 4 is 38.8 Å². The number of benzene rings is 2. The summed E-state index contributed by atoms with van der Waals surface area (Å²) in [6.07, 6.45) is 0. The molecule has 3 rings (SSSR count). The molecular formula is C16H14FN3OS. The molecule has 0 aliphatic heterocycles. The third kappa shape index (κ3) is 3.40. The second-order valence-electron chi connectivity index (χ2n) is 4.82. The number of fused-ring (bicyclic) bond motifs is 1. The maximum Gasteiger partial charge on any atom is 0.243 e. The molecule has 0 radical (unpaired) electrons. The highest BCUT2D eigenvalue weighted by Crippen LogP contribution is 2.24. The lowest BCUT2D eigenvalue weighted by Crippen LogP contribution is -2.21. The molecule has 1 heterocycles. The van der Waals surface area contributed by atoms with Gasteiger partial charge < -0.3 is 10.6 Å². The minimum Gasteiger partial charge on any atom is -0.376 e. The first-order valence-corrected chi connectivity index (χ1v) is 7.58. The van der Waals surface area contributed by atoms with Gasteiger partial charge in [-0.25, -0.2) is 9.37 Å². The van der Waals surface area contributed by atoms with Crippen LogP contribution in [-0.4, -0.2) is 17.4 Å². The lowest BCUT2D eigenvalue weighted by atomic mass is 10.3. The molecule has 3 aromatic rings. The van der Waals surface area contributed by atoms with E-state index >= 15 is 0 Å². The first-order valence-electron chi connectivity index (χ1n) is 6.77. The van der Waals surface area contributed by atoms with Crippen molar-refractivity contribution in [2.45, 2.75) is 6.92 Å². The fourth-order valence-corrected chi connectivity index (χ4v) is 2.94. The van der Waals surface area contributed by atoms with Crippen LogP contribution in [0.25, 0.3) is 10.2 Å². The molecule has 1 aromatic heterocycles. The van der Waals surface area contributed by atoms with Crippen molar-refractivity contribution < 1.29 is 9.18 Å². The molecule has 0 aliphatic carbocycles. The second kappa shape index (κ2) is 6.11. The average Bonchev–Trinajstić information content (AvgIpc) is 2.87. The van der Waals surface area contributed by atoms with Crippen LogP contribution in [0.15, 0.2) is 42.5 Å². The van der Waals surface area contributed by atoms with E-state index in [0.717, 1.165) is 20.9 Å². The van der Waals surface area contributed by atoms with Crippen molar-refractivity contribution in [1.29, 1.82) is 0 Å². The first-order chi connectivity index (χ1) is 10.6. The van der Waals surface area contributed by atoms with Crippen LogP contribution >= 0.6 is 11.3 Å². The number of carbonyl (C=O) groups excluding carboxylic acids is 1. The van der Waals surface area contributed by atoms with Crippen LogP contribution in [0.2, 0.25) is 0 Å². The Morgan fingerprint density at radius 2 is 1.91 bits per heavy atom. The standard InChI is InChI=1S/C16H14FN3OS/c1-10-19-14-7-6-13(8-15(14)22-10)18-9-16(21)20-12-4-2-11(17)3-5-12/h2-8,18H,9H2,1H3,(H,20,21). The summed E-state index contributed by atoms with van der Waals surface area (Å²) in [5, 5.41) is 6.79. The van der Waals surface area contributed by atoms with Crippen LogP contribution in [0.4, 0.5) is 15.8 Å². The molecule has 0 unspecified atom stereocenters. The Balaban J connectivity index is 1.60. The van der Waals surface area contributed by atoms with Gasteiger partial charge in [-0.2, -0.15) is 0 Å². The molecule has 0 saturated heterocycles. The molecule has 6 heteroatoms. The number of aromatic nitrogens is 1. The van der Waals surface area contributed by atoms with Crippen LogP contribution in [0.1, 0.15) is 5.01 Å². The van der Waals surface area contributed by atoms with Crippen LogP contribution in [0, 0.1) is 12.7 Å². The predicted octanol–water partition coefficient (Wildman–Crippen LogP) is 3.79. The lowest BCUT2D eigenvalue weighted by molar-refractivity contribution is -0.114. The molecule has 1 amide bonds. The molecule has 0 saturated carbocycles. The first kappa shape index (κ1) is 14.5. The molecule has 0 bridgehead atoms. The summed E-state index contributed by atoms with van der Waals surface area (Å²) in [5.74, 6) is -0.517. The van der Waals surface area contributed by atoms with E-state index in [4.69, 9.17) is 0 Å². The number of nitrogens with one attached hydrogen (secondary N) is 2. The fourth-order valence-electron chi connectivity index (χ4n) is 2.07. The van der Waals surface area contributed by atoms with E-state index in [0.29, 0.717) is 5.69 Å². The summed E-state index contributed by atoms with van der Waals surface area (Å²) < 4.78 is 13.9. The number of carbonyl (C=O) groups is 1. The van der Waals surface area contributed by atoms with Crippen molar-refractivity contribution in [1.82, 2.24) is 4.98 Å². The summed E-state index contributed by atoms with van der Waals surface area (Å²) in [6.45, 7) is 2.11. The molecule has 0 spiro atoms. The zero-order chi connectivity index (χ0) is 15.5. The Hall–Kier alpha value is -2.47. The zero-order valence-corrected chi connectivity index (χ0v) is 12.7. The van der Waals surface area contributed by atoms with Crippen molar-refractivity contribution in [3.8, 4) is 0 Å². The van der Waals surface area contributed by atoms with Gasteiger partial charge in [0.05, 0.1) is 21.8 Å². The maximum absolute atomic E-state index is 12.8. The number of rotatable bonds is 4. The summed E-state index contributed by atoms with van der Waals surface area (Å²) in [6, 6.07) is 11.5. The van der Waals surface area contributed by atoms with Gasteiger partial charge >= 0.3 is 0 Å². The second-order valence-corrected chi connectivity index (χ2v) is 6.06. The predicted molar refractivity (Wildman–Crippen MR) is 87.9 cm³/mol. The Labute approximate surface area is 131 Å². The van der Waals surface area contributed by atoms with Crippen LogP contribution in [0.3, 0.4) is 0 Å². The number of hydrogen-bond acceptors (Lipinski definition) is 4. The van der Waals surface area contributed by atoms with E-state index in [1.807, 2.05) is 25.1 Å². The van der Waals surface area contributed by atoms with E-state index in [9.17, 15) is 9.18 Å². The highest BCUT2D eigenvalue weighted by molar-refractivity contribution is 7.18. The smallest absolute Gasteiger partial charge is 0.243 e. The number of anilines is 2. The summed E-state index contributed by atoms with van der Waals surface area (Å²) in [5.41, 5.74) is 2.40. The van der Waals surface area contributed by atoms with E-state index in [-0.39, 0.29) is 18.3 Å². The highest BCUT2D eigenvalue weighted by Gasteiger charge is 2.05. The molecular weight excluding hydrogens is 301 g/mol. The summed E-state index contributed by atoms with van der Waals surface area (Å²) in [4.78, 5) is 16.3. The molecule has 22 heavy (non-hydrogen) atoms. The van der Waals surface area contributed by atoms with Gasteiger partial charge in [-0.15, -0.1) is 11.3 Å². The quantitative estimate of drug-likeness (QED) is 0.770. The molecule has 0 fully saturated rings. The fraction of sp³-hybridized carbons (Fsp3) is 0.125. The van der Waals surface area contributed by atoms with Crippen molar-refractivity contribution in [3.63, 3.8) is 0 Å². The molecule has 0 aliphatic rings. The summed E-state index contributed by atoms with van der Waals surface area (Å²) >= 11 is 1.62. The SMILES string of the molecule is Cc1nc2ccc(NCC(=O)Nc3ccc(F)cc3)cc2s1. The van der Waals surface area contributed by atoms with Gasteiger partial charge in [0, 0.05) is 11.4 Å². The minimum absolute atomic E-state index is 0.140. The van der Waals surface area contributed by atoms with Crippen LogP contribution in [0.5, 0.6) is 0 Å². The topological polar surface area (TPSA) is 54.0 Å². The van der Waals surface area contributed by atoms with Gasteiger partial charge in [0.1, 0.15) is 5.82 Å². The van der Waals surface area contributed by atoms with Gasteiger partial charge in [-0.05, 0) is 49.4 Å². The van der Waals surface area contributed by atoms with Gasteiger partial charge in [0.25, 0.3) is 0 Å². The number of halogens is 1. The van der Waals surface area contributed by atoms with Crippen molar-refractivity contribution in [3.05, 3.63) is 53.3 Å². The van der Waals surface area contributed by atoms with Crippen LogP contribution < -0.4 is 10.6 Å². The third-order valence-electron chi connectivity index (χ3n) is 3.08. The third-order valence-corrected chi connectivity index (χ3v) is 4.01. The molecule has 2 N–H and O–H groups in total. The summed E-state index contributed by atoms with van der Waals surface area (Å²) in [7, 11) is 0. The number of thiazole rings is 1. The Morgan fingerprint density at radius 1 is 1.18 bits per heavy atom. The van der Waals surface area contributed by atoms with E-state index in [2.05, 4.69) is 15.6 Å². The Kier molecular flexibility index (Phi) is 4.02. The maximum atomic E-state index is 12.8. The highest BCUT2D eigenvalue weighted by atomic mass is 32.1. The van der Waals surface area contributed by atoms with E-state index in [1.54, 1.807) is 11.3 Å². The van der Waals surface area contributed by atoms with Crippen molar-refractivity contribution in [2.75, 3.05) is 17.2 Å². The van der Waals surface area contributed by atoms with Gasteiger partial charge in [0.15, 0.2) is 0 Å². The number of hydrogen-bond donors (Lipinski definition) is 2. The number of amides is 1. The number of nitrogens with zero attached hydrogens (tertiary/aromatic N) is 1. The molecule has 0 atom stereocenters. The van der Waals surface area contributed by atoms with Gasteiger partial charge in [-0.3, -0.25) is 4.79 Å². The van der Waals surface area contributed by atoms with E-state index in [1.165, 1.54) is 24.3 Å². The lowest BCUT2D eigenvalue weighted by Gasteiger charge is -2.07. The normalized spacial score (nSPS) is 10.6. The Morgan fingerprint density at radius 3 is 2.68 bits per heavy atom. The molecule has 112 valence electrons. The largest absolute Gasteiger partial charge is 0.376 e. The molecule has 4 nitrogen and oxygen atoms in total. The average molecular weight is 315 g/mol. The monoisotopic (exact) mass is 315 g/mol. The van der Waals surface area contributed by atoms with Gasteiger partial charge in [-0.1, -0.05) is 0 Å². The number of aryl methyl sites for hydroxylation is 1. The van der Waals surface area contributed by atoms with Crippen LogP contribution in [-0.2, 0) is 4.79 Å². The van der Waals surface area contributed by atoms with E-state index < -0.39 is 0 Å². The molecule has 2 aromatic carbocycles. The van der Waals surface area contributed by atoms with Crippen molar-refractivity contribution in [2.24, 2.45) is 0 Å². The minimum atomic E-state index is -0.329. The zero-order valence-electron chi connectivity index (χ0n) is 11.9.